The van der Waals surface area contributed by atoms with Gasteiger partial charge in [-0.15, -0.1) is 0 Å². The maximum atomic E-state index is 12.5. The normalized spacial score (nSPS) is 11.4. The Morgan fingerprint density at radius 2 is 1.00 bits per heavy atom. The Morgan fingerprint density at radius 1 is 0.612 bits per heavy atom. The van der Waals surface area contributed by atoms with Crippen molar-refractivity contribution in [1.29, 1.82) is 0 Å². The van der Waals surface area contributed by atoms with E-state index in [-0.39, 0.29) is 42.6 Å². The Bertz CT molecular complexity index is 1310. The molecule has 0 aliphatic carbocycles. The van der Waals surface area contributed by atoms with E-state index in [4.69, 9.17) is 18.9 Å². The number of hydrogen-bond donors (Lipinski definition) is 2. The molecule has 268 valence electrons. The van der Waals surface area contributed by atoms with Crippen LogP contribution in [0.15, 0.2) is 48.6 Å². The maximum absolute atomic E-state index is 12.5. The van der Waals surface area contributed by atoms with Gasteiger partial charge < -0.3 is 39.4 Å². The highest BCUT2D eigenvalue weighted by Gasteiger charge is 2.13. The fourth-order valence-electron chi connectivity index (χ4n) is 4.66. The highest BCUT2D eigenvalue weighted by molar-refractivity contribution is 6.10. The van der Waals surface area contributed by atoms with E-state index < -0.39 is 11.9 Å². The van der Waals surface area contributed by atoms with E-state index in [1.807, 2.05) is 0 Å². The van der Waals surface area contributed by atoms with Crippen molar-refractivity contribution in [3.63, 3.8) is 0 Å². The summed E-state index contributed by atoms with van der Waals surface area (Å²) in [5, 5.41) is 6.17. The third kappa shape index (κ3) is 15.6. The Balaban J connectivity index is 1.86. The van der Waals surface area contributed by atoms with Crippen molar-refractivity contribution in [2.75, 3.05) is 79.7 Å². The van der Waals surface area contributed by atoms with Gasteiger partial charge in [0.1, 0.15) is 0 Å². The third-order valence-corrected chi connectivity index (χ3v) is 7.63. The van der Waals surface area contributed by atoms with Gasteiger partial charge in [-0.05, 0) is 73.7 Å². The first-order valence-corrected chi connectivity index (χ1v) is 16.7. The molecule has 0 aromatic heterocycles. The number of nitrogens with zero attached hydrogens (tertiary/aromatic N) is 2. The maximum Gasteiger partial charge on any atom is 0.325 e. The molecule has 0 aliphatic rings. The van der Waals surface area contributed by atoms with E-state index in [0.717, 1.165) is 39.3 Å². The van der Waals surface area contributed by atoms with E-state index in [2.05, 4.69) is 48.1 Å². The van der Waals surface area contributed by atoms with Crippen LogP contribution in [0.25, 0.3) is 12.2 Å². The zero-order valence-electron chi connectivity index (χ0n) is 29.7. The number of allylic oxidation sites excluding steroid dienone is 2. The van der Waals surface area contributed by atoms with Gasteiger partial charge in [0.15, 0.2) is 34.6 Å². The fourth-order valence-corrected chi connectivity index (χ4v) is 4.66. The van der Waals surface area contributed by atoms with Gasteiger partial charge in [0.2, 0.25) is 0 Å². The van der Waals surface area contributed by atoms with Crippen molar-refractivity contribution in [1.82, 2.24) is 20.4 Å². The van der Waals surface area contributed by atoms with Gasteiger partial charge in [0.25, 0.3) is 0 Å². The van der Waals surface area contributed by atoms with Crippen LogP contribution in [0.4, 0.5) is 0 Å². The molecule has 0 fully saturated rings. The van der Waals surface area contributed by atoms with Gasteiger partial charge in [-0.2, -0.15) is 0 Å². The molecule has 0 spiro atoms. The van der Waals surface area contributed by atoms with E-state index in [0.29, 0.717) is 35.7 Å². The molecule has 49 heavy (non-hydrogen) atoms. The van der Waals surface area contributed by atoms with E-state index in [1.165, 1.54) is 26.4 Å². The van der Waals surface area contributed by atoms with Gasteiger partial charge in [-0.3, -0.25) is 19.2 Å². The number of carbonyl (C=O) groups excluding carboxylic acids is 4. The zero-order chi connectivity index (χ0) is 36.0. The Hall–Kier alpha value is -4.36. The van der Waals surface area contributed by atoms with Crippen molar-refractivity contribution >= 4 is 35.7 Å². The number of carbonyl (C=O) groups is 4. The lowest BCUT2D eigenvalue weighted by atomic mass is 10.1. The summed E-state index contributed by atoms with van der Waals surface area (Å²) in [6.45, 7) is 15.3. The molecule has 0 bridgehead atoms. The third-order valence-electron chi connectivity index (χ3n) is 7.63. The van der Waals surface area contributed by atoms with E-state index in [1.54, 1.807) is 48.6 Å². The number of benzene rings is 2. The first-order valence-electron chi connectivity index (χ1n) is 16.7. The number of hydrogen-bond acceptors (Lipinski definition) is 12. The minimum Gasteiger partial charge on any atom is -0.493 e. The molecule has 0 heterocycles. The van der Waals surface area contributed by atoms with Gasteiger partial charge in [-0.25, -0.2) is 0 Å². The number of methoxy groups -OCH3 is 2. The Labute approximate surface area is 290 Å². The lowest BCUT2D eigenvalue weighted by Crippen LogP contribution is -2.35. The van der Waals surface area contributed by atoms with Crippen LogP contribution in [-0.2, 0) is 19.2 Å². The van der Waals surface area contributed by atoms with E-state index >= 15 is 0 Å². The number of esters is 2. The summed E-state index contributed by atoms with van der Waals surface area (Å²) in [4.78, 5) is 54.1. The van der Waals surface area contributed by atoms with Crippen LogP contribution in [0.5, 0.6) is 23.0 Å². The molecule has 0 saturated carbocycles. The molecule has 0 aliphatic heterocycles. The lowest BCUT2D eigenvalue weighted by molar-refractivity contribution is -0.134. The molecule has 12 heteroatoms. The van der Waals surface area contributed by atoms with Crippen LogP contribution in [0.2, 0.25) is 0 Å². The minimum atomic E-state index is -0.439. The van der Waals surface area contributed by atoms with Gasteiger partial charge >= 0.3 is 11.9 Å². The van der Waals surface area contributed by atoms with Crippen LogP contribution in [0, 0.1) is 0 Å². The quantitative estimate of drug-likeness (QED) is 0.0551. The summed E-state index contributed by atoms with van der Waals surface area (Å²) in [5.74, 6) is -0.439. The van der Waals surface area contributed by atoms with Crippen LogP contribution in [0.3, 0.4) is 0 Å². The first-order chi connectivity index (χ1) is 23.6. The molecular formula is C37H52N4O8. The second-order valence-electron chi connectivity index (χ2n) is 11.0. The van der Waals surface area contributed by atoms with Crippen molar-refractivity contribution in [3.05, 3.63) is 59.7 Å². The molecule has 0 saturated heterocycles. The van der Waals surface area contributed by atoms with Crippen LogP contribution >= 0.6 is 0 Å². The van der Waals surface area contributed by atoms with Crippen molar-refractivity contribution < 1.29 is 38.1 Å². The first kappa shape index (κ1) is 40.8. The summed E-state index contributed by atoms with van der Waals surface area (Å²) in [5.41, 5.74) is 1.27. The molecule has 2 aromatic rings. The highest BCUT2D eigenvalue weighted by atomic mass is 16.6. The topological polar surface area (TPSA) is 136 Å². The standard InChI is InChI=1S/C37H52N4O8/c1-7-40(8-2)21-19-38-26-36(44)48-32-17-13-28(23-34(32)46-5)11-15-30(42)25-31(43)16-12-29-14-18-33(35(24-29)47-6)49-37(45)27-39-20-22-41(9-3)10-4/h11-18,23-24,38-39H,7-10,19-22,25-27H2,1-6H3/b15-11+,16-12+. The Morgan fingerprint density at radius 3 is 1.35 bits per heavy atom. The molecule has 0 atom stereocenters. The zero-order valence-corrected chi connectivity index (χ0v) is 29.7. The molecule has 0 amide bonds. The van der Waals surface area contributed by atoms with Gasteiger partial charge in [-0.1, -0.05) is 52.0 Å². The monoisotopic (exact) mass is 680 g/mol. The van der Waals surface area contributed by atoms with Crippen molar-refractivity contribution in [3.8, 4) is 23.0 Å². The lowest BCUT2D eigenvalue weighted by Gasteiger charge is -2.17. The smallest absolute Gasteiger partial charge is 0.325 e. The highest BCUT2D eigenvalue weighted by Crippen LogP contribution is 2.29. The SMILES string of the molecule is CCN(CC)CCNCC(=O)Oc1ccc(/C=C/C(=O)CC(=O)/C=C/c2ccc(OC(=O)CNCCN(CC)CC)c(OC)c2)cc1OC. The van der Waals surface area contributed by atoms with Crippen LogP contribution in [-0.4, -0.2) is 113 Å². The molecular weight excluding hydrogens is 628 g/mol. The predicted molar refractivity (Wildman–Crippen MR) is 191 cm³/mol. The largest absolute Gasteiger partial charge is 0.493 e. The minimum absolute atomic E-state index is 0.0626. The van der Waals surface area contributed by atoms with Crippen molar-refractivity contribution in [2.24, 2.45) is 0 Å². The second-order valence-corrected chi connectivity index (χ2v) is 11.0. The number of rotatable bonds is 24. The Kier molecular flexibility index (Phi) is 19.2. The molecule has 2 rings (SSSR count). The summed E-state index contributed by atoms with van der Waals surface area (Å²) in [6.07, 6.45) is 5.43. The average molecular weight is 681 g/mol. The molecule has 2 N–H and O–H groups in total. The molecule has 0 unspecified atom stereocenters. The van der Waals surface area contributed by atoms with Crippen molar-refractivity contribution in [2.45, 2.75) is 34.1 Å². The number of likely N-dealkylation sites (N-methyl/N-ethyl adjacent to an activating group) is 2. The van der Waals surface area contributed by atoms with Gasteiger partial charge in [0.05, 0.1) is 33.7 Å². The predicted octanol–water partition coefficient (Wildman–Crippen LogP) is 3.63. The summed E-state index contributed by atoms with van der Waals surface area (Å²) >= 11 is 0. The number of nitrogens with one attached hydrogen (secondary N) is 2. The van der Waals surface area contributed by atoms with Crippen LogP contribution in [0.1, 0.15) is 45.2 Å². The average Bonchev–Trinajstić information content (AvgIpc) is 3.10. The molecule has 12 nitrogen and oxygen atoms in total. The van der Waals surface area contributed by atoms with Gasteiger partial charge in [0, 0.05) is 26.2 Å². The second kappa shape index (κ2) is 23.1. The number of ether oxygens (including phenoxy) is 4. The molecule has 0 radical (unpaired) electrons. The van der Waals surface area contributed by atoms with E-state index in [9.17, 15) is 19.2 Å². The fraction of sp³-hybridized carbons (Fsp3) is 0.459. The summed E-state index contributed by atoms with van der Waals surface area (Å²) in [6, 6.07) is 9.83. The molecule has 2 aromatic carbocycles. The van der Waals surface area contributed by atoms with Crippen LogP contribution < -0.4 is 29.6 Å². The number of ketones is 2. The summed E-state index contributed by atoms with van der Waals surface area (Å²) < 4.78 is 21.6. The summed E-state index contributed by atoms with van der Waals surface area (Å²) in [7, 11) is 2.92.